The van der Waals surface area contributed by atoms with Crippen molar-refractivity contribution in [3.05, 3.63) is 237 Å². The van der Waals surface area contributed by atoms with Crippen molar-refractivity contribution in [3.8, 4) is 55.6 Å². The molecule has 0 atom stereocenters. The zero-order chi connectivity index (χ0) is 41.7. The molecular weight excluding hydrogens is 783 g/mol. The lowest BCUT2D eigenvalue weighted by Crippen LogP contribution is -2.09. The second-order valence-electron chi connectivity index (χ2n) is 16.1. The minimum Gasteiger partial charge on any atom is -0.455 e. The molecule has 2 nitrogen and oxygen atoms in total. The first-order valence-corrected chi connectivity index (χ1v) is 22.2. The molecule has 0 N–H and O–H groups in total. The molecule has 0 bridgehead atoms. The van der Waals surface area contributed by atoms with Gasteiger partial charge >= 0.3 is 0 Å². The summed E-state index contributed by atoms with van der Waals surface area (Å²) < 4.78 is 9.14. The van der Waals surface area contributed by atoms with E-state index in [1.165, 1.54) is 53.6 Å². The lowest BCUT2D eigenvalue weighted by Gasteiger charge is -2.26. The number of para-hydroxylation sites is 1. The molecule has 0 saturated carbocycles. The van der Waals surface area contributed by atoms with E-state index in [4.69, 9.17) is 4.42 Å². The summed E-state index contributed by atoms with van der Waals surface area (Å²) in [7, 11) is 0. The Morgan fingerprint density at radius 1 is 0.286 bits per heavy atom. The Balaban J connectivity index is 0.895. The molecule has 0 aliphatic rings. The van der Waals surface area contributed by atoms with Crippen LogP contribution < -0.4 is 4.90 Å². The minimum atomic E-state index is 0.891. The number of hydrogen-bond donors (Lipinski definition) is 0. The normalized spacial score (nSPS) is 11.5. The first kappa shape index (κ1) is 36.8. The van der Waals surface area contributed by atoms with Gasteiger partial charge in [-0.2, -0.15) is 0 Å². The van der Waals surface area contributed by atoms with E-state index in [2.05, 4.69) is 235 Å². The first-order valence-electron chi connectivity index (χ1n) is 21.4. The van der Waals surface area contributed by atoms with E-state index in [-0.39, 0.29) is 0 Å². The van der Waals surface area contributed by atoms with Gasteiger partial charge in [0.1, 0.15) is 11.2 Å². The van der Waals surface area contributed by atoms with Crippen molar-refractivity contribution in [2.24, 2.45) is 0 Å². The van der Waals surface area contributed by atoms with E-state index >= 15 is 0 Å². The van der Waals surface area contributed by atoms with E-state index in [9.17, 15) is 0 Å². The molecule has 10 aromatic carbocycles. The summed E-state index contributed by atoms with van der Waals surface area (Å²) in [5.74, 6) is 0. The lowest BCUT2D eigenvalue weighted by atomic mass is 9.99. The lowest BCUT2D eigenvalue weighted by molar-refractivity contribution is 0.670. The topological polar surface area (TPSA) is 16.4 Å². The van der Waals surface area contributed by atoms with Crippen molar-refractivity contribution in [1.29, 1.82) is 0 Å². The number of anilines is 3. The van der Waals surface area contributed by atoms with Crippen molar-refractivity contribution in [2.45, 2.75) is 0 Å². The number of rotatable bonds is 8. The van der Waals surface area contributed by atoms with Crippen LogP contribution in [0, 0.1) is 0 Å². The zero-order valence-corrected chi connectivity index (χ0v) is 35.1. The van der Waals surface area contributed by atoms with Gasteiger partial charge in [-0.25, -0.2) is 0 Å². The fourth-order valence-corrected chi connectivity index (χ4v) is 10.2. The van der Waals surface area contributed by atoms with Crippen LogP contribution in [0.4, 0.5) is 17.1 Å². The summed E-state index contributed by atoms with van der Waals surface area (Å²) in [5, 5.41) is 4.87. The van der Waals surface area contributed by atoms with Crippen LogP contribution in [0.1, 0.15) is 0 Å². The molecule has 63 heavy (non-hydrogen) atoms. The molecule has 0 aliphatic heterocycles. The van der Waals surface area contributed by atoms with E-state index in [1.54, 1.807) is 0 Å². The van der Waals surface area contributed by atoms with Crippen LogP contribution >= 0.6 is 11.3 Å². The number of nitrogens with zero attached hydrogens (tertiary/aromatic N) is 1. The largest absolute Gasteiger partial charge is 0.455 e. The van der Waals surface area contributed by atoms with Crippen LogP contribution in [-0.2, 0) is 0 Å². The molecule has 2 heterocycles. The number of thiophene rings is 1. The van der Waals surface area contributed by atoms with Crippen LogP contribution in [0.3, 0.4) is 0 Å². The van der Waals surface area contributed by atoms with Crippen molar-refractivity contribution < 1.29 is 4.42 Å². The number of furan rings is 1. The van der Waals surface area contributed by atoms with Crippen LogP contribution in [-0.4, -0.2) is 0 Å². The summed E-state index contributed by atoms with van der Waals surface area (Å²) in [6, 6.07) is 85.3. The monoisotopic (exact) mass is 821 g/mol. The van der Waals surface area contributed by atoms with Gasteiger partial charge in [-0.1, -0.05) is 170 Å². The Morgan fingerprint density at radius 2 is 0.714 bits per heavy atom. The van der Waals surface area contributed by atoms with Crippen molar-refractivity contribution >= 4 is 70.5 Å². The van der Waals surface area contributed by atoms with Crippen LogP contribution in [0.25, 0.3) is 97.7 Å². The maximum atomic E-state index is 6.50. The van der Waals surface area contributed by atoms with Crippen molar-refractivity contribution in [3.63, 3.8) is 0 Å². The van der Waals surface area contributed by atoms with Gasteiger partial charge in [0.25, 0.3) is 0 Å². The molecule has 296 valence electrons. The Kier molecular flexibility index (Phi) is 9.06. The molecule has 12 rings (SSSR count). The predicted octanol–water partition coefficient (Wildman–Crippen LogP) is 17.8. The van der Waals surface area contributed by atoms with Crippen molar-refractivity contribution in [1.82, 2.24) is 0 Å². The molecule has 0 amide bonds. The molecular formula is C60H39NOS. The van der Waals surface area contributed by atoms with Gasteiger partial charge in [0.2, 0.25) is 0 Å². The Hall–Kier alpha value is -7.98. The molecule has 0 radical (unpaired) electrons. The molecule has 2 aromatic heterocycles. The molecule has 0 spiro atoms. The Morgan fingerprint density at radius 3 is 1.32 bits per heavy atom. The van der Waals surface area contributed by atoms with Crippen LogP contribution in [0.5, 0.6) is 0 Å². The Bertz CT molecular complexity index is 3570. The third kappa shape index (κ3) is 6.76. The highest BCUT2D eigenvalue weighted by Gasteiger charge is 2.17. The fraction of sp³-hybridized carbons (Fsp3) is 0. The minimum absolute atomic E-state index is 0.891. The maximum absolute atomic E-state index is 6.50. The zero-order valence-electron chi connectivity index (χ0n) is 34.3. The summed E-state index contributed by atoms with van der Waals surface area (Å²) in [4.78, 5) is 2.35. The standard InChI is InChI=1S/C60H39NOS/c1-3-10-40(11-4-1)41-18-20-42(21-19-41)43-22-30-49(31-23-43)61(51-34-26-45(27-35-51)48-29-37-59-56(39-48)53-14-7-8-17-58(53)63-59)50-32-24-44(25-33-50)47-28-36-57-55(38-47)54-16-9-15-52(60(54)62-57)46-12-5-2-6-13-46/h1-39H. The highest BCUT2D eigenvalue weighted by molar-refractivity contribution is 7.25. The van der Waals surface area contributed by atoms with Crippen LogP contribution in [0.15, 0.2) is 241 Å². The van der Waals surface area contributed by atoms with E-state index in [1.807, 2.05) is 17.4 Å². The van der Waals surface area contributed by atoms with E-state index < -0.39 is 0 Å². The maximum Gasteiger partial charge on any atom is 0.143 e. The van der Waals surface area contributed by atoms with Gasteiger partial charge in [0.05, 0.1) is 0 Å². The second kappa shape index (κ2) is 15.5. The third-order valence-corrected chi connectivity index (χ3v) is 13.5. The van der Waals surface area contributed by atoms with Gasteiger partial charge in [0.15, 0.2) is 0 Å². The molecule has 0 unspecified atom stereocenters. The quantitative estimate of drug-likeness (QED) is 0.152. The second-order valence-corrected chi connectivity index (χ2v) is 17.2. The summed E-state index contributed by atoms with van der Waals surface area (Å²) in [6.45, 7) is 0. The molecule has 3 heteroatoms. The highest BCUT2D eigenvalue weighted by atomic mass is 32.1. The summed E-state index contributed by atoms with van der Waals surface area (Å²) in [5.41, 5.74) is 16.8. The third-order valence-electron chi connectivity index (χ3n) is 12.3. The summed E-state index contributed by atoms with van der Waals surface area (Å²) in [6.07, 6.45) is 0. The Labute approximate surface area is 370 Å². The van der Waals surface area contributed by atoms with Crippen molar-refractivity contribution in [2.75, 3.05) is 4.90 Å². The van der Waals surface area contributed by atoms with Gasteiger partial charge in [0, 0.05) is 53.6 Å². The van der Waals surface area contributed by atoms with E-state index in [0.29, 0.717) is 0 Å². The first-order chi connectivity index (χ1) is 31.2. The van der Waals surface area contributed by atoms with Gasteiger partial charge in [-0.3, -0.25) is 0 Å². The van der Waals surface area contributed by atoms with E-state index in [0.717, 1.165) is 61.3 Å². The fourth-order valence-electron chi connectivity index (χ4n) is 9.07. The molecule has 12 aromatic rings. The van der Waals surface area contributed by atoms with Gasteiger partial charge in [-0.05, 0) is 117 Å². The molecule has 0 aliphatic carbocycles. The van der Waals surface area contributed by atoms with Crippen LogP contribution in [0.2, 0.25) is 0 Å². The molecule has 0 fully saturated rings. The predicted molar refractivity (Wildman–Crippen MR) is 268 cm³/mol. The number of hydrogen-bond acceptors (Lipinski definition) is 3. The molecule has 0 saturated heterocycles. The smallest absolute Gasteiger partial charge is 0.143 e. The highest BCUT2D eigenvalue weighted by Crippen LogP contribution is 2.41. The SMILES string of the molecule is c1ccc(-c2ccc(-c3ccc(N(c4ccc(-c5ccc6oc7c(-c8ccccc8)cccc7c6c5)cc4)c4ccc(-c5ccc6sc7ccccc7c6c5)cc4)cc3)cc2)cc1. The number of fused-ring (bicyclic) bond motifs is 6. The summed E-state index contributed by atoms with van der Waals surface area (Å²) >= 11 is 1.86. The average Bonchev–Trinajstić information content (AvgIpc) is 3.93. The number of benzene rings is 10. The average molecular weight is 822 g/mol. The van der Waals surface area contributed by atoms with Gasteiger partial charge in [-0.15, -0.1) is 11.3 Å². The van der Waals surface area contributed by atoms with Gasteiger partial charge < -0.3 is 9.32 Å².